The van der Waals surface area contributed by atoms with Gasteiger partial charge in [-0.15, -0.1) is 0 Å². The number of nitrogens with zero attached hydrogens (tertiary/aromatic N) is 2. The number of rotatable bonds is 4. The number of hydrogen-bond donors (Lipinski definition) is 1. The van der Waals surface area contributed by atoms with Crippen LogP contribution in [0.3, 0.4) is 0 Å². The van der Waals surface area contributed by atoms with Crippen LogP contribution < -0.4 is 16.6 Å². The fourth-order valence-corrected chi connectivity index (χ4v) is 2.83. The first-order valence-corrected chi connectivity index (χ1v) is 8.19. The maximum atomic E-state index is 14.2. The Bertz CT molecular complexity index is 1100. The van der Waals surface area contributed by atoms with Gasteiger partial charge in [0.1, 0.15) is 12.4 Å². The van der Waals surface area contributed by atoms with Crippen molar-refractivity contribution in [2.45, 2.75) is 26.4 Å². The van der Waals surface area contributed by atoms with Crippen molar-refractivity contribution in [3.8, 4) is 5.69 Å². The molecule has 3 aromatic rings. The molecule has 0 atom stereocenters. The smallest absolute Gasteiger partial charge is 0.336 e. The molecule has 0 unspecified atom stereocenters. The molecule has 0 spiro atoms. The summed E-state index contributed by atoms with van der Waals surface area (Å²) in [5.41, 5.74) is -1.21. The second-order valence-corrected chi connectivity index (χ2v) is 6.20. The van der Waals surface area contributed by atoms with Gasteiger partial charge in [-0.3, -0.25) is 14.2 Å². The second-order valence-electron chi connectivity index (χ2n) is 6.20. The van der Waals surface area contributed by atoms with Crippen LogP contribution >= 0.6 is 0 Å². The van der Waals surface area contributed by atoms with E-state index in [4.69, 9.17) is 0 Å². The van der Waals surface area contributed by atoms with E-state index in [-0.39, 0.29) is 29.6 Å². The molecule has 6 nitrogen and oxygen atoms in total. The first-order valence-electron chi connectivity index (χ1n) is 8.19. The van der Waals surface area contributed by atoms with Gasteiger partial charge in [-0.25, -0.2) is 13.8 Å². The zero-order valence-corrected chi connectivity index (χ0v) is 14.4. The van der Waals surface area contributed by atoms with Crippen LogP contribution in [0.1, 0.15) is 13.8 Å². The number of amides is 1. The number of halogens is 1. The number of para-hydroxylation sites is 2. The Morgan fingerprint density at radius 1 is 1.08 bits per heavy atom. The quantitative estimate of drug-likeness (QED) is 0.776. The molecule has 0 saturated heterocycles. The van der Waals surface area contributed by atoms with E-state index < -0.39 is 17.1 Å². The molecule has 1 aromatic heterocycles. The van der Waals surface area contributed by atoms with Gasteiger partial charge in [0.15, 0.2) is 0 Å². The van der Waals surface area contributed by atoms with Crippen LogP contribution in [-0.4, -0.2) is 21.1 Å². The van der Waals surface area contributed by atoms with Gasteiger partial charge >= 0.3 is 5.69 Å². The van der Waals surface area contributed by atoms with Gasteiger partial charge in [0.2, 0.25) is 5.91 Å². The van der Waals surface area contributed by atoms with Crippen LogP contribution in [-0.2, 0) is 11.3 Å². The van der Waals surface area contributed by atoms with Gasteiger partial charge < -0.3 is 5.32 Å². The van der Waals surface area contributed by atoms with E-state index in [9.17, 15) is 18.8 Å². The van der Waals surface area contributed by atoms with Crippen molar-refractivity contribution in [2.24, 2.45) is 0 Å². The minimum Gasteiger partial charge on any atom is -0.352 e. The van der Waals surface area contributed by atoms with E-state index in [0.717, 1.165) is 4.57 Å². The summed E-state index contributed by atoms with van der Waals surface area (Å²) < 4.78 is 16.2. The third kappa shape index (κ3) is 3.15. The van der Waals surface area contributed by atoms with Crippen LogP contribution in [0, 0.1) is 5.82 Å². The third-order valence-corrected chi connectivity index (χ3v) is 3.90. The molecule has 1 amide bonds. The minimum absolute atomic E-state index is 0.0954. The van der Waals surface area contributed by atoms with Gasteiger partial charge in [0.05, 0.1) is 16.6 Å². The summed E-state index contributed by atoms with van der Waals surface area (Å²) in [5.74, 6) is -1.06. The largest absolute Gasteiger partial charge is 0.352 e. The van der Waals surface area contributed by atoms with Crippen LogP contribution in [0.4, 0.5) is 4.39 Å². The molecule has 0 aliphatic rings. The summed E-state index contributed by atoms with van der Waals surface area (Å²) >= 11 is 0. The van der Waals surface area contributed by atoms with Crippen LogP contribution in [0.5, 0.6) is 0 Å². The molecule has 0 radical (unpaired) electrons. The second kappa shape index (κ2) is 6.95. The Morgan fingerprint density at radius 2 is 1.73 bits per heavy atom. The lowest BCUT2D eigenvalue weighted by Crippen LogP contribution is -2.43. The lowest BCUT2D eigenvalue weighted by atomic mass is 10.2. The first-order chi connectivity index (χ1) is 12.4. The van der Waals surface area contributed by atoms with E-state index in [2.05, 4.69) is 5.32 Å². The topological polar surface area (TPSA) is 73.1 Å². The standard InChI is InChI=1S/C19H18FN3O3/c1-12(2)21-17(24)11-22-15-9-5-3-7-13(15)18(25)23(19(22)26)16-10-6-4-8-14(16)20/h3-10,12H,11H2,1-2H3,(H,21,24). The molecule has 3 rings (SSSR count). The normalized spacial score (nSPS) is 11.1. The molecular weight excluding hydrogens is 337 g/mol. The summed E-state index contributed by atoms with van der Waals surface area (Å²) in [6, 6.07) is 11.9. The summed E-state index contributed by atoms with van der Waals surface area (Å²) in [7, 11) is 0. The van der Waals surface area contributed by atoms with Crippen LogP contribution in [0.15, 0.2) is 58.1 Å². The Balaban J connectivity index is 2.31. The number of fused-ring (bicyclic) bond motifs is 1. The van der Waals surface area contributed by atoms with E-state index in [0.29, 0.717) is 5.52 Å². The average molecular weight is 355 g/mol. The number of aromatic nitrogens is 2. The Hall–Kier alpha value is -3.22. The first kappa shape index (κ1) is 17.6. The zero-order chi connectivity index (χ0) is 18.8. The molecule has 2 aromatic carbocycles. The van der Waals surface area contributed by atoms with Crippen molar-refractivity contribution in [3.05, 3.63) is 75.2 Å². The van der Waals surface area contributed by atoms with Crippen LogP contribution in [0.2, 0.25) is 0 Å². The molecule has 0 bridgehead atoms. The van der Waals surface area contributed by atoms with Crippen molar-refractivity contribution >= 4 is 16.8 Å². The highest BCUT2D eigenvalue weighted by Crippen LogP contribution is 2.12. The lowest BCUT2D eigenvalue weighted by Gasteiger charge is -2.15. The van der Waals surface area contributed by atoms with E-state index in [1.54, 1.807) is 38.1 Å². The highest BCUT2D eigenvalue weighted by atomic mass is 19.1. The van der Waals surface area contributed by atoms with Crippen molar-refractivity contribution in [1.29, 1.82) is 0 Å². The maximum Gasteiger partial charge on any atom is 0.336 e. The molecule has 26 heavy (non-hydrogen) atoms. The number of carbonyl (C=O) groups is 1. The molecule has 1 N–H and O–H groups in total. The SMILES string of the molecule is CC(C)NC(=O)Cn1c(=O)n(-c2ccccc2F)c(=O)c2ccccc21. The molecule has 0 fully saturated rings. The number of benzene rings is 2. The number of hydrogen-bond acceptors (Lipinski definition) is 3. The maximum absolute atomic E-state index is 14.2. The number of carbonyl (C=O) groups excluding carboxylic acids is 1. The van der Waals surface area contributed by atoms with Crippen LogP contribution in [0.25, 0.3) is 16.6 Å². The fourth-order valence-electron chi connectivity index (χ4n) is 2.83. The number of nitrogens with one attached hydrogen (secondary N) is 1. The van der Waals surface area contributed by atoms with Gasteiger partial charge in [-0.05, 0) is 38.1 Å². The molecule has 0 aliphatic carbocycles. The molecule has 134 valence electrons. The van der Waals surface area contributed by atoms with Crippen molar-refractivity contribution < 1.29 is 9.18 Å². The summed E-state index contributed by atoms with van der Waals surface area (Å²) in [6.07, 6.45) is 0. The minimum atomic E-state index is -0.766. The monoisotopic (exact) mass is 355 g/mol. The van der Waals surface area contributed by atoms with Crippen molar-refractivity contribution in [2.75, 3.05) is 0 Å². The summed E-state index contributed by atoms with van der Waals surface area (Å²) in [4.78, 5) is 37.9. The van der Waals surface area contributed by atoms with E-state index in [1.807, 2.05) is 0 Å². The molecule has 0 saturated carbocycles. The van der Waals surface area contributed by atoms with E-state index >= 15 is 0 Å². The zero-order valence-electron chi connectivity index (χ0n) is 14.4. The highest BCUT2D eigenvalue weighted by Gasteiger charge is 2.18. The van der Waals surface area contributed by atoms with Crippen molar-refractivity contribution in [3.63, 3.8) is 0 Å². The Morgan fingerprint density at radius 3 is 2.42 bits per heavy atom. The summed E-state index contributed by atoms with van der Waals surface area (Å²) in [6.45, 7) is 3.34. The van der Waals surface area contributed by atoms with Gasteiger partial charge in [-0.1, -0.05) is 24.3 Å². The Kier molecular flexibility index (Phi) is 4.71. The van der Waals surface area contributed by atoms with Gasteiger partial charge in [0.25, 0.3) is 5.56 Å². The van der Waals surface area contributed by atoms with E-state index in [1.165, 1.54) is 28.8 Å². The van der Waals surface area contributed by atoms with Gasteiger partial charge in [-0.2, -0.15) is 0 Å². The molecular formula is C19H18FN3O3. The highest BCUT2D eigenvalue weighted by molar-refractivity contribution is 5.82. The van der Waals surface area contributed by atoms with Crippen molar-refractivity contribution in [1.82, 2.24) is 14.5 Å². The molecule has 1 heterocycles. The lowest BCUT2D eigenvalue weighted by molar-refractivity contribution is -0.122. The predicted octanol–water partition coefficient (Wildman–Crippen LogP) is 1.82. The van der Waals surface area contributed by atoms with Gasteiger partial charge in [0, 0.05) is 6.04 Å². The Labute approximate surface area is 148 Å². The predicted molar refractivity (Wildman–Crippen MR) is 97.0 cm³/mol. The average Bonchev–Trinajstić information content (AvgIpc) is 2.60. The molecule has 7 heteroatoms. The third-order valence-electron chi connectivity index (χ3n) is 3.90. The molecule has 0 aliphatic heterocycles. The summed E-state index contributed by atoms with van der Waals surface area (Å²) in [5, 5.41) is 2.94. The fraction of sp³-hybridized carbons (Fsp3) is 0.211.